The molecule has 82 valence electrons. The largest absolute Gasteiger partial charge is 0.364 e. The first kappa shape index (κ1) is 10.5. The quantitative estimate of drug-likeness (QED) is 0.846. The van der Waals surface area contributed by atoms with Gasteiger partial charge in [0.2, 0.25) is 0 Å². The second-order valence-corrected chi connectivity index (χ2v) is 3.39. The molecule has 4 nitrogen and oxygen atoms in total. The first-order chi connectivity index (χ1) is 7.88. The lowest BCUT2D eigenvalue weighted by Crippen LogP contribution is -2.04. The van der Waals surface area contributed by atoms with Crippen molar-refractivity contribution in [3.05, 3.63) is 48.2 Å². The zero-order valence-electron chi connectivity index (χ0n) is 9.22. The van der Waals surface area contributed by atoms with Crippen molar-refractivity contribution < 1.29 is 0 Å². The van der Waals surface area contributed by atoms with E-state index in [-0.39, 0.29) is 0 Å². The Hall–Kier alpha value is -1.97. The summed E-state index contributed by atoms with van der Waals surface area (Å²) in [5.41, 5.74) is 0.999. The number of nitrogens with zero attached hydrogens (tertiary/aromatic N) is 3. The molecular formula is C12H14N4. The molecule has 0 fully saturated rings. The van der Waals surface area contributed by atoms with Crippen molar-refractivity contribution in [2.45, 2.75) is 19.9 Å². The maximum Gasteiger partial charge on any atom is 0.130 e. The van der Waals surface area contributed by atoms with Gasteiger partial charge < -0.3 is 5.32 Å². The molecule has 0 spiro atoms. The van der Waals surface area contributed by atoms with Gasteiger partial charge in [-0.25, -0.2) is 9.97 Å². The number of aryl methyl sites for hydroxylation is 1. The number of hydrogen-bond acceptors (Lipinski definition) is 4. The van der Waals surface area contributed by atoms with Crippen molar-refractivity contribution in [3.63, 3.8) is 0 Å². The number of rotatable bonds is 4. The highest BCUT2D eigenvalue weighted by atomic mass is 15.0. The van der Waals surface area contributed by atoms with Gasteiger partial charge in [-0.2, -0.15) is 0 Å². The van der Waals surface area contributed by atoms with Gasteiger partial charge >= 0.3 is 0 Å². The summed E-state index contributed by atoms with van der Waals surface area (Å²) < 4.78 is 0. The summed E-state index contributed by atoms with van der Waals surface area (Å²) in [6.45, 7) is 2.72. The average molecular weight is 214 g/mol. The molecule has 2 aromatic rings. The molecule has 0 aliphatic rings. The van der Waals surface area contributed by atoms with Gasteiger partial charge in [0.15, 0.2) is 0 Å². The van der Waals surface area contributed by atoms with Crippen molar-refractivity contribution in [2.75, 3.05) is 5.32 Å². The molecule has 0 radical (unpaired) electrons. The Morgan fingerprint density at radius 1 is 1.12 bits per heavy atom. The predicted molar refractivity (Wildman–Crippen MR) is 63.0 cm³/mol. The number of nitrogens with one attached hydrogen (secondary N) is 1. The minimum absolute atomic E-state index is 0.682. The normalized spacial score (nSPS) is 10.1. The van der Waals surface area contributed by atoms with E-state index in [4.69, 9.17) is 0 Å². The fourth-order valence-corrected chi connectivity index (χ4v) is 1.35. The molecule has 0 unspecified atom stereocenters. The van der Waals surface area contributed by atoms with E-state index in [1.807, 2.05) is 31.2 Å². The fourth-order valence-electron chi connectivity index (χ4n) is 1.35. The van der Waals surface area contributed by atoms with Gasteiger partial charge in [-0.1, -0.05) is 13.0 Å². The maximum absolute atomic E-state index is 4.36. The molecule has 0 aliphatic heterocycles. The molecular weight excluding hydrogens is 200 g/mol. The third kappa shape index (κ3) is 2.76. The molecule has 2 aromatic heterocycles. The van der Waals surface area contributed by atoms with E-state index in [1.165, 1.54) is 0 Å². The Labute approximate surface area is 94.8 Å². The third-order valence-corrected chi connectivity index (χ3v) is 2.20. The van der Waals surface area contributed by atoms with Gasteiger partial charge in [0.1, 0.15) is 11.6 Å². The highest BCUT2D eigenvalue weighted by Crippen LogP contribution is 2.04. The van der Waals surface area contributed by atoms with Crippen molar-refractivity contribution in [3.8, 4) is 0 Å². The molecule has 0 aliphatic carbocycles. The first-order valence-electron chi connectivity index (χ1n) is 5.34. The van der Waals surface area contributed by atoms with E-state index in [0.717, 1.165) is 23.8 Å². The molecule has 0 saturated heterocycles. The second-order valence-electron chi connectivity index (χ2n) is 3.39. The van der Waals surface area contributed by atoms with Crippen LogP contribution in [0.1, 0.15) is 18.4 Å². The molecule has 2 rings (SSSR count). The summed E-state index contributed by atoms with van der Waals surface area (Å²) in [5.74, 6) is 1.70. The third-order valence-electron chi connectivity index (χ3n) is 2.20. The highest BCUT2D eigenvalue weighted by molar-refractivity contribution is 5.33. The van der Waals surface area contributed by atoms with Gasteiger partial charge in [-0.05, 0) is 18.2 Å². The van der Waals surface area contributed by atoms with E-state index in [0.29, 0.717) is 6.54 Å². The Morgan fingerprint density at radius 3 is 2.81 bits per heavy atom. The van der Waals surface area contributed by atoms with Crippen molar-refractivity contribution in [1.82, 2.24) is 15.0 Å². The minimum atomic E-state index is 0.682. The molecule has 0 bridgehead atoms. The van der Waals surface area contributed by atoms with Crippen molar-refractivity contribution >= 4 is 5.82 Å². The second kappa shape index (κ2) is 5.21. The number of aromatic nitrogens is 3. The summed E-state index contributed by atoms with van der Waals surface area (Å²) in [7, 11) is 0. The van der Waals surface area contributed by atoms with E-state index in [1.54, 1.807) is 12.4 Å². The Bertz CT molecular complexity index is 442. The van der Waals surface area contributed by atoms with Crippen LogP contribution in [0, 0.1) is 0 Å². The Balaban J connectivity index is 1.99. The van der Waals surface area contributed by atoms with E-state index in [9.17, 15) is 0 Å². The highest BCUT2D eigenvalue weighted by Gasteiger charge is 1.97. The van der Waals surface area contributed by atoms with Gasteiger partial charge in [0.05, 0.1) is 12.2 Å². The lowest BCUT2D eigenvalue weighted by atomic mass is 10.3. The molecule has 2 heterocycles. The van der Waals surface area contributed by atoms with Crippen LogP contribution in [0.5, 0.6) is 0 Å². The maximum atomic E-state index is 4.36. The van der Waals surface area contributed by atoms with E-state index >= 15 is 0 Å². The zero-order chi connectivity index (χ0) is 11.2. The Morgan fingerprint density at radius 2 is 2.06 bits per heavy atom. The minimum Gasteiger partial charge on any atom is -0.364 e. The van der Waals surface area contributed by atoms with Crippen LogP contribution in [-0.2, 0) is 13.0 Å². The topological polar surface area (TPSA) is 50.7 Å². The molecule has 16 heavy (non-hydrogen) atoms. The molecule has 4 heteroatoms. The van der Waals surface area contributed by atoms with Crippen LogP contribution in [0.2, 0.25) is 0 Å². The number of hydrogen-bond donors (Lipinski definition) is 1. The van der Waals surface area contributed by atoms with Crippen LogP contribution in [0.15, 0.2) is 36.7 Å². The fraction of sp³-hybridized carbons (Fsp3) is 0.250. The SMILES string of the molecule is CCc1nccc(NCc2ccccn2)n1. The van der Waals surface area contributed by atoms with E-state index in [2.05, 4.69) is 20.3 Å². The smallest absolute Gasteiger partial charge is 0.130 e. The van der Waals surface area contributed by atoms with Gasteiger partial charge in [-0.15, -0.1) is 0 Å². The van der Waals surface area contributed by atoms with Crippen molar-refractivity contribution in [2.24, 2.45) is 0 Å². The van der Waals surface area contributed by atoms with Crippen LogP contribution >= 0.6 is 0 Å². The summed E-state index contributed by atoms with van der Waals surface area (Å²) in [5, 5.41) is 3.22. The zero-order valence-corrected chi connectivity index (χ0v) is 9.22. The van der Waals surface area contributed by atoms with Crippen LogP contribution in [0.25, 0.3) is 0 Å². The van der Waals surface area contributed by atoms with Crippen LogP contribution in [0.4, 0.5) is 5.82 Å². The van der Waals surface area contributed by atoms with Gasteiger partial charge in [0, 0.05) is 18.8 Å². The van der Waals surface area contributed by atoms with Gasteiger partial charge in [0.25, 0.3) is 0 Å². The lowest BCUT2D eigenvalue weighted by Gasteiger charge is -2.05. The monoisotopic (exact) mass is 214 g/mol. The summed E-state index contributed by atoms with van der Waals surface area (Å²) >= 11 is 0. The molecule has 0 amide bonds. The molecule has 0 saturated carbocycles. The van der Waals surface area contributed by atoms with Crippen LogP contribution in [0.3, 0.4) is 0 Å². The molecule has 0 atom stereocenters. The molecule has 1 N–H and O–H groups in total. The summed E-state index contributed by atoms with van der Waals surface area (Å²) in [4.78, 5) is 12.7. The first-order valence-corrected chi connectivity index (χ1v) is 5.34. The average Bonchev–Trinajstić information content (AvgIpc) is 2.38. The number of anilines is 1. The molecule has 0 aromatic carbocycles. The van der Waals surface area contributed by atoms with E-state index < -0.39 is 0 Å². The van der Waals surface area contributed by atoms with Crippen molar-refractivity contribution in [1.29, 1.82) is 0 Å². The standard InChI is InChI=1S/C12H14N4/c1-2-11-14-8-6-12(16-11)15-9-10-5-3-4-7-13-10/h3-8H,2,9H2,1H3,(H,14,15,16). The number of pyridine rings is 1. The lowest BCUT2D eigenvalue weighted by molar-refractivity contribution is 0.927. The Kier molecular flexibility index (Phi) is 3.43. The van der Waals surface area contributed by atoms with Crippen LogP contribution < -0.4 is 5.32 Å². The summed E-state index contributed by atoms with van der Waals surface area (Å²) in [6.07, 6.45) is 4.40. The summed E-state index contributed by atoms with van der Waals surface area (Å²) in [6, 6.07) is 7.72. The van der Waals surface area contributed by atoms with Gasteiger partial charge in [-0.3, -0.25) is 4.98 Å². The van der Waals surface area contributed by atoms with Crippen LogP contribution in [-0.4, -0.2) is 15.0 Å². The predicted octanol–water partition coefficient (Wildman–Crippen LogP) is 2.05.